The summed E-state index contributed by atoms with van der Waals surface area (Å²) in [7, 11) is -3.72. The number of benzene rings is 1. The van der Waals surface area contributed by atoms with Crippen LogP contribution in [0.5, 0.6) is 0 Å². The zero-order chi connectivity index (χ0) is 14.2. The number of sulfonamides is 1. The van der Waals surface area contributed by atoms with E-state index in [1.165, 1.54) is 0 Å². The van der Waals surface area contributed by atoms with Crippen molar-refractivity contribution in [2.24, 2.45) is 0 Å². The molecule has 0 saturated heterocycles. The summed E-state index contributed by atoms with van der Waals surface area (Å²) in [4.78, 5) is 0. The third-order valence-corrected chi connectivity index (χ3v) is 7.15. The standard InChI is InChI=1S/C10H5Br2Cl2NO2S2/c11-5-3-7(13)9(8(14)4-5)15-19(16,17)10-6(12)1-2-18-10/h1-4,15H. The zero-order valence-corrected chi connectivity index (χ0v) is 15.3. The van der Waals surface area contributed by atoms with Crippen molar-refractivity contribution in [1.29, 1.82) is 0 Å². The second kappa shape index (κ2) is 5.91. The van der Waals surface area contributed by atoms with Crippen LogP contribution in [0.3, 0.4) is 0 Å². The van der Waals surface area contributed by atoms with Gasteiger partial charge in [-0.3, -0.25) is 4.72 Å². The number of thiophene rings is 1. The topological polar surface area (TPSA) is 46.2 Å². The minimum absolute atomic E-state index is 0.159. The molecule has 9 heteroatoms. The molecule has 2 rings (SSSR count). The van der Waals surface area contributed by atoms with Gasteiger partial charge in [0.2, 0.25) is 0 Å². The normalized spacial score (nSPS) is 11.6. The summed E-state index contributed by atoms with van der Waals surface area (Å²) in [5.74, 6) is 0. The molecule has 0 fully saturated rings. The van der Waals surface area contributed by atoms with E-state index in [1.807, 2.05) is 0 Å². The van der Waals surface area contributed by atoms with E-state index in [9.17, 15) is 8.42 Å². The van der Waals surface area contributed by atoms with Crippen LogP contribution in [-0.2, 0) is 10.0 Å². The van der Waals surface area contributed by atoms with E-state index in [0.29, 0.717) is 8.95 Å². The third-order valence-electron chi connectivity index (χ3n) is 2.07. The number of rotatable bonds is 3. The Hall–Kier alpha value is 0.210. The van der Waals surface area contributed by atoms with Gasteiger partial charge in [0.15, 0.2) is 4.21 Å². The van der Waals surface area contributed by atoms with Crippen molar-refractivity contribution in [1.82, 2.24) is 0 Å². The highest BCUT2D eigenvalue weighted by molar-refractivity contribution is 9.10. The Balaban J connectivity index is 2.45. The molecule has 0 aliphatic heterocycles. The molecular weight excluding hydrogens is 461 g/mol. The molecule has 0 aliphatic rings. The molecule has 0 aliphatic carbocycles. The predicted molar refractivity (Wildman–Crippen MR) is 87.0 cm³/mol. The fourth-order valence-electron chi connectivity index (χ4n) is 1.29. The average molecular weight is 466 g/mol. The SMILES string of the molecule is O=S(=O)(Nc1c(Cl)cc(Br)cc1Cl)c1sccc1Br. The Labute approximate surface area is 141 Å². The van der Waals surface area contributed by atoms with E-state index in [0.717, 1.165) is 11.3 Å². The number of hydrogen-bond acceptors (Lipinski definition) is 3. The van der Waals surface area contributed by atoms with Gasteiger partial charge in [-0.2, -0.15) is 0 Å². The van der Waals surface area contributed by atoms with Gasteiger partial charge in [0.05, 0.1) is 15.7 Å². The minimum Gasteiger partial charge on any atom is -0.276 e. The Kier molecular flexibility index (Phi) is 4.85. The Bertz CT molecular complexity index is 708. The van der Waals surface area contributed by atoms with Gasteiger partial charge in [-0.25, -0.2) is 8.42 Å². The highest BCUT2D eigenvalue weighted by Gasteiger charge is 2.22. The van der Waals surface area contributed by atoms with Crippen LogP contribution in [0.2, 0.25) is 10.0 Å². The summed E-state index contributed by atoms with van der Waals surface area (Å²) in [5.41, 5.74) is 0.159. The molecule has 102 valence electrons. The lowest BCUT2D eigenvalue weighted by molar-refractivity contribution is 0.603. The van der Waals surface area contributed by atoms with Crippen molar-refractivity contribution < 1.29 is 8.42 Å². The van der Waals surface area contributed by atoms with Crippen LogP contribution in [-0.4, -0.2) is 8.42 Å². The fourth-order valence-corrected chi connectivity index (χ4v) is 6.15. The summed E-state index contributed by atoms with van der Waals surface area (Å²) in [6, 6.07) is 4.79. The van der Waals surface area contributed by atoms with E-state index in [4.69, 9.17) is 23.2 Å². The summed E-state index contributed by atoms with van der Waals surface area (Å²) < 4.78 is 28.2. The lowest BCUT2D eigenvalue weighted by atomic mass is 10.3. The van der Waals surface area contributed by atoms with Crippen LogP contribution in [0.15, 0.2) is 36.7 Å². The van der Waals surface area contributed by atoms with E-state index >= 15 is 0 Å². The Morgan fingerprint density at radius 1 is 1.16 bits per heavy atom. The summed E-state index contributed by atoms with van der Waals surface area (Å²) in [5, 5.41) is 2.11. The van der Waals surface area contributed by atoms with Crippen LogP contribution in [0.4, 0.5) is 5.69 Å². The van der Waals surface area contributed by atoms with Gasteiger partial charge in [0, 0.05) is 8.95 Å². The highest BCUT2D eigenvalue weighted by atomic mass is 79.9. The van der Waals surface area contributed by atoms with Crippen molar-refractivity contribution in [2.75, 3.05) is 4.72 Å². The molecule has 2 aromatic rings. The van der Waals surface area contributed by atoms with Crippen molar-refractivity contribution in [2.45, 2.75) is 4.21 Å². The molecule has 1 heterocycles. The van der Waals surface area contributed by atoms with Crippen molar-refractivity contribution >= 4 is 82.1 Å². The van der Waals surface area contributed by atoms with Crippen LogP contribution in [0, 0.1) is 0 Å². The molecule has 0 saturated carbocycles. The molecule has 0 bridgehead atoms. The molecule has 1 N–H and O–H groups in total. The maximum atomic E-state index is 12.2. The lowest BCUT2D eigenvalue weighted by Crippen LogP contribution is -2.12. The molecule has 0 amide bonds. The monoisotopic (exact) mass is 463 g/mol. The predicted octanol–water partition coefficient (Wildman–Crippen LogP) is 5.38. The molecular formula is C10H5Br2Cl2NO2S2. The second-order valence-corrected chi connectivity index (χ2v) is 8.78. The Morgan fingerprint density at radius 2 is 1.74 bits per heavy atom. The molecule has 1 aromatic carbocycles. The first-order valence-electron chi connectivity index (χ1n) is 4.71. The van der Waals surface area contributed by atoms with Crippen molar-refractivity contribution in [3.8, 4) is 0 Å². The van der Waals surface area contributed by atoms with Crippen LogP contribution < -0.4 is 4.72 Å². The number of nitrogens with one attached hydrogen (secondary N) is 1. The van der Waals surface area contributed by atoms with Crippen LogP contribution in [0.25, 0.3) is 0 Å². The summed E-state index contributed by atoms with van der Waals surface area (Å²) in [6.07, 6.45) is 0. The summed E-state index contributed by atoms with van der Waals surface area (Å²) in [6.45, 7) is 0. The van der Waals surface area contributed by atoms with E-state index in [-0.39, 0.29) is 19.9 Å². The molecule has 0 radical (unpaired) electrons. The fraction of sp³-hybridized carbons (Fsp3) is 0. The minimum atomic E-state index is -3.72. The van der Waals surface area contributed by atoms with Gasteiger partial charge in [-0.15, -0.1) is 11.3 Å². The average Bonchev–Trinajstić information content (AvgIpc) is 2.70. The van der Waals surface area contributed by atoms with Crippen molar-refractivity contribution in [3.05, 3.63) is 42.6 Å². The maximum absolute atomic E-state index is 12.2. The van der Waals surface area contributed by atoms with Gasteiger partial charge < -0.3 is 0 Å². The molecule has 0 atom stereocenters. The quantitative estimate of drug-likeness (QED) is 0.661. The Morgan fingerprint density at radius 3 is 2.21 bits per heavy atom. The van der Waals surface area contributed by atoms with Gasteiger partial charge in [0.25, 0.3) is 10.0 Å². The van der Waals surface area contributed by atoms with Crippen LogP contribution >= 0.6 is 66.4 Å². The zero-order valence-electron chi connectivity index (χ0n) is 8.95. The van der Waals surface area contributed by atoms with Gasteiger partial charge in [0.1, 0.15) is 0 Å². The van der Waals surface area contributed by atoms with E-state index in [1.54, 1.807) is 23.6 Å². The highest BCUT2D eigenvalue weighted by Crippen LogP contribution is 2.37. The van der Waals surface area contributed by atoms with Crippen molar-refractivity contribution in [3.63, 3.8) is 0 Å². The number of hydrogen-bond donors (Lipinski definition) is 1. The van der Waals surface area contributed by atoms with Gasteiger partial charge in [-0.1, -0.05) is 39.1 Å². The lowest BCUT2D eigenvalue weighted by Gasteiger charge is -2.11. The molecule has 19 heavy (non-hydrogen) atoms. The first-order valence-corrected chi connectivity index (χ1v) is 9.42. The molecule has 3 nitrogen and oxygen atoms in total. The van der Waals surface area contributed by atoms with Gasteiger partial charge in [-0.05, 0) is 39.5 Å². The maximum Gasteiger partial charge on any atom is 0.272 e. The molecule has 0 spiro atoms. The smallest absolute Gasteiger partial charge is 0.272 e. The molecule has 1 aromatic heterocycles. The third kappa shape index (κ3) is 3.46. The van der Waals surface area contributed by atoms with E-state index < -0.39 is 10.0 Å². The van der Waals surface area contributed by atoms with Crippen LogP contribution in [0.1, 0.15) is 0 Å². The molecule has 0 unspecified atom stereocenters. The first-order chi connectivity index (χ1) is 8.81. The number of anilines is 1. The largest absolute Gasteiger partial charge is 0.276 e. The summed E-state index contributed by atoms with van der Waals surface area (Å²) >= 11 is 19.5. The van der Waals surface area contributed by atoms with Gasteiger partial charge >= 0.3 is 0 Å². The second-order valence-electron chi connectivity index (χ2n) is 3.41. The number of halogens is 4. The van der Waals surface area contributed by atoms with E-state index in [2.05, 4.69) is 36.6 Å². The first kappa shape index (κ1) is 15.6.